The van der Waals surface area contributed by atoms with Crippen LogP contribution in [0.15, 0.2) is 48.7 Å². The van der Waals surface area contributed by atoms with Crippen LogP contribution < -0.4 is 10.6 Å². The zero-order chi connectivity index (χ0) is 18.3. The molecule has 0 aliphatic carbocycles. The minimum atomic E-state index is -0.0390. The number of aryl methyl sites for hydroxylation is 1. The smallest absolute Gasteiger partial charge is 0.226 e. The molecule has 0 fully saturated rings. The maximum atomic E-state index is 13.0. The van der Waals surface area contributed by atoms with Crippen molar-refractivity contribution in [1.29, 1.82) is 0 Å². The average molecular weight is 347 g/mol. The Labute approximate surface area is 152 Å². The number of Topliss-reactive ketones (excluding diaryl/α,β-unsaturated/α-hetero) is 1. The predicted molar refractivity (Wildman–Crippen MR) is 104 cm³/mol. The van der Waals surface area contributed by atoms with E-state index in [-0.39, 0.29) is 17.7 Å². The van der Waals surface area contributed by atoms with E-state index in [0.717, 1.165) is 22.2 Å². The van der Waals surface area contributed by atoms with Gasteiger partial charge < -0.3 is 15.2 Å². The number of amides is 1. The summed E-state index contributed by atoms with van der Waals surface area (Å²) in [6.45, 7) is 1.94. The predicted octanol–water partition coefficient (Wildman–Crippen LogP) is 3.75. The molecule has 5 nitrogen and oxygen atoms in total. The number of carbonyl (C=O) groups excluding carboxylic acids is 2. The van der Waals surface area contributed by atoms with E-state index in [1.807, 2.05) is 50.5 Å². The first-order valence-corrected chi connectivity index (χ1v) is 8.78. The summed E-state index contributed by atoms with van der Waals surface area (Å²) in [5.41, 5.74) is 4.13. The highest BCUT2D eigenvalue weighted by atomic mass is 16.1. The molecule has 5 heteroatoms. The third kappa shape index (κ3) is 2.96. The molecule has 1 atom stereocenters. The molecule has 1 aliphatic heterocycles. The summed E-state index contributed by atoms with van der Waals surface area (Å²) >= 11 is 0. The SMILES string of the molecule is CC1CC(=O)Nc2cccc(C(=O)Cc3ccc4c(ccn4C)c3)c2N1. The van der Waals surface area contributed by atoms with Crippen molar-refractivity contribution in [2.45, 2.75) is 25.8 Å². The van der Waals surface area contributed by atoms with Crippen molar-refractivity contribution in [3.8, 4) is 0 Å². The van der Waals surface area contributed by atoms with Gasteiger partial charge in [0.25, 0.3) is 0 Å². The number of hydrogen-bond donors (Lipinski definition) is 2. The second-order valence-electron chi connectivity index (χ2n) is 6.95. The molecule has 2 N–H and O–H groups in total. The summed E-state index contributed by atoms with van der Waals surface area (Å²) in [6.07, 6.45) is 2.72. The molecule has 0 radical (unpaired) electrons. The number of nitrogens with one attached hydrogen (secondary N) is 2. The number of rotatable bonds is 3. The number of aromatic nitrogens is 1. The Morgan fingerprint density at radius 3 is 2.92 bits per heavy atom. The zero-order valence-electron chi connectivity index (χ0n) is 14.9. The van der Waals surface area contributed by atoms with Crippen LogP contribution in [0.3, 0.4) is 0 Å². The van der Waals surface area contributed by atoms with Gasteiger partial charge in [-0.25, -0.2) is 0 Å². The van der Waals surface area contributed by atoms with Crippen LogP contribution in [0.2, 0.25) is 0 Å². The Balaban J connectivity index is 1.65. The van der Waals surface area contributed by atoms with E-state index in [0.29, 0.717) is 24.1 Å². The summed E-state index contributed by atoms with van der Waals surface area (Å²) in [4.78, 5) is 24.9. The van der Waals surface area contributed by atoms with Gasteiger partial charge in [0.05, 0.1) is 11.4 Å². The van der Waals surface area contributed by atoms with Crippen molar-refractivity contribution >= 4 is 34.0 Å². The van der Waals surface area contributed by atoms with E-state index in [2.05, 4.69) is 27.3 Å². The van der Waals surface area contributed by atoms with E-state index in [9.17, 15) is 9.59 Å². The normalized spacial score (nSPS) is 16.5. The fourth-order valence-corrected chi connectivity index (χ4v) is 3.54. The lowest BCUT2D eigenvalue weighted by atomic mass is 9.99. The molecule has 0 bridgehead atoms. The van der Waals surface area contributed by atoms with Gasteiger partial charge in [-0.05, 0) is 48.2 Å². The van der Waals surface area contributed by atoms with Crippen LogP contribution in [0.1, 0.15) is 29.3 Å². The fourth-order valence-electron chi connectivity index (χ4n) is 3.54. The van der Waals surface area contributed by atoms with Crippen LogP contribution in [-0.4, -0.2) is 22.3 Å². The van der Waals surface area contributed by atoms with Crippen molar-refractivity contribution in [1.82, 2.24) is 4.57 Å². The lowest BCUT2D eigenvalue weighted by Gasteiger charge is -2.16. The second kappa shape index (κ2) is 6.33. The lowest BCUT2D eigenvalue weighted by molar-refractivity contribution is -0.116. The third-order valence-electron chi connectivity index (χ3n) is 4.84. The van der Waals surface area contributed by atoms with Crippen LogP contribution in [0, 0.1) is 0 Å². The van der Waals surface area contributed by atoms with Crippen molar-refractivity contribution in [3.63, 3.8) is 0 Å². The summed E-state index contributed by atoms with van der Waals surface area (Å²) < 4.78 is 2.06. The second-order valence-corrected chi connectivity index (χ2v) is 6.95. The summed E-state index contributed by atoms with van der Waals surface area (Å²) in [6, 6.07) is 13.6. The lowest BCUT2D eigenvalue weighted by Crippen LogP contribution is -2.19. The Morgan fingerprint density at radius 1 is 1.23 bits per heavy atom. The van der Waals surface area contributed by atoms with E-state index in [1.54, 1.807) is 0 Å². The number of carbonyl (C=O) groups is 2. The highest BCUT2D eigenvalue weighted by molar-refractivity contribution is 6.08. The van der Waals surface area contributed by atoms with Gasteiger partial charge in [-0.1, -0.05) is 12.1 Å². The fraction of sp³-hybridized carbons (Fsp3) is 0.238. The zero-order valence-corrected chi connectivity index (χ0v) is 14.9. The van der Waals surface area contributed by atoms with E-state index < -0.39 is 0 Å². The number of nitrogens with zero attached hydrogens (tertiary/aromatic N) is 1. The maximum Gasteiger partial charge on any atom is 0.226 e. The number of hydrogen-bond acceptors (Lipinski definition) is 3. The van der Waals surface area contributed by atoms with Crippen LogP contribution in [0.25, 0.3) is 10.9 Å². The van der Waals surface area contributed by atoms with E-state index in [4.69, 9.17) is 0 Å². The van der Waals surface area contributed by atoms with E-state index >= 15 is 0 Å². The Bertz CT molecular complexity index is 1020. The van der Waals surface area contributed by atoms with Gasteiger partial charge in [0.2, 0.25) is 5.91 Å². The van der Waals surface area contributed by atoms with Crippen LogP contribution in [0.4, 0.5) is 11.4 Å². The molecule has 132 valence electrons. The molecule has 1 amide bonds. The van der Waals surface area contributed by atoms with Gasteiger partial charge >= 0.3 is 0 Å². The number of benzene rings is 2. The quantitative estimate of drug-likeness (QED) is 0.709. The van der Waals surface area contributed by atoms with Gasteiger partial charge in [0.1, 0.15) is 0 Å². The first-order chi connectivity index (χ1) is 12.5. The molecule has 0 spiro atoms. The first-order valence-electron chi connectivity index (χ1n) is 8.78. The number of anilines is 2. The standard InChI is InChI=1S/C21H21N3O2/c1-13-10-20(26)23-17-5-3-4-16(21(17)22-13)19(25)12-14-6-7-18-15(11-14)8-9-24(18)2/h3-9,11,13,22H,10,12H2,1-2H3,(H,23,26). The minimum absolute atomic E-state index is 0.0223. The van der Waals surface area contributed by atoms with Gasteiger partial charge in [-0.2, -0.15) is 0 Å². The maximum absolute atomic E-state index is 13.0. The van der Waals surface area contributed by atoms with Crippen LogP contribution >= 0.6 is 0 Å². The molecule has 0 saturated carbocycles. The van der Waals surface area contributed by atoms with Crippen molar-refractivity contribution in [3.05, 3.63) is 59.8 Å². The number of ketones is 1. The summed E-state index contributed by atoms with van der Waals surface area (Å²) in [5.74, 6) is -0.00383. The average Bonchev–Trinajstić information content (AvgIpc) is 2.88. The highest BCUT2D eigenvalue weighted by Crippen LogP contribution is 2.31. The van der Waals surface area contributed by atoms with Crippen molar-refractivity contribution < 1.29 is 9.59 Å². The largest absolute Gasteiger partial charge is 0.380 e. The minimum Gasteiger partial charge on any atom is -0.380 e. The van der Waals surface area contributed by atoms with Gasteiger partial charge in [-0.15, -0.1) is 0 Å². The molecule has 2 heterocycles. The molecule has 1 unspecified atom stereocenters. The number of fused-ring (bicyclic) bond motifs is 2. The number of para-hydroxylation sites is 1. The molecule has 4 rings (SSSR count). The van der Waals surface area contributed by atoms with Crippen molar-refractivity contribution in [2.75, 3.05) is 10.6 Å². The molecule has 0 saturated heterocycles. The topological polar surface area (TPSA) is 63.1 Å². The molecule has 3 aromatic rings. The highest BCUT2D eigenvalue weighted by Gasteiger charge is 2.22. The molecule has 1 aliphatic rings. The first kappa shape index (κ1) is 16.4. The molecular formula is C21H21N3O2. The summed E-state index contributed by atoms with van der Waals surface area (Å²) in [7, 11) is 2.01. The van der Waals surface area contributed by atoms with Gasteiger partial charge in [0, 0.05) is 43.2 Å². The Hall–Kier alpha value is -3.08. The van der Waals surface area contributed by atoms with Gasteiger partial charge in [0.15, 0.2) is 5.78 Å². The molecule has 26 heavy (non-hydrogen) atoms. The van der Waals surface area contributed by atoms with Crippen LogP contribution in [0.5, 0.6) is 0 Å². The third-order valence-corrected chi connectivity index (χ3v) is 4.84. The molecular weight excluding hydrogens is 326 g/mol. The van der Waals surface area contributed by atoms with Crippen LogP contribution in [-0.2, 0) is 18.3 Å². The molecule has 2 aromatic carbocycles. The molecule has 1 aromatic heterocycles. The summed E-state index contributed by atoms with van der Waals surface area (Å²) in [5, 5.41) is 7.32. The monoisotopic (exact) mass is 347 g/mol. The Kier molecular flexibility index (Phi) is 3.99. The van der Waals surface area contributed by atoms with Gasteiger partial charge in [-0.3, -0.25) is 9.59 Å². The van der Waals surface area contributed by atoms with E-state index in [1.165, 1.54) is 0 Å². The Morgan fingerprint density at radius 2 is 2.08 bits per heavy atom. The van der Waals surface area contributed by atoms with Crippen molar-refractivity contribution in [2.24, 2.45) is 7.05 Å².